The van der Waals surface area contributed by atoms with E-state index in [2.05, 4.69) is 4.99 Å². The fraction of sp³-hybridized carbons (Fsp3) is 0.360. The molecule has 12 heteroatoms. The molecule has 2 aromatic carbocycles. The number of amides is 1. The van der Waals surface area contributed by atoms with Gasteiger partial charge in [-0.1, -0.05) is 18.3 Å². The standard InChI is InChI=1S/C25H27N5O5S2/c1-4-13-30-20-16-21(34-2)22(35-3)17-23(20)36-25(30)28-24(31)18-7-9-19(10-8-18)37(32,33)29(14-5-11-26)15-6-12-27/h7-10,16-17H,4-6,13-15H2,1-3H3. The molecule has 0 unspecified atom stereocenters. The quantitative estimate of drug-likeness (QED) is 0.361. The monoisotopic (exact) mass is 541 g/mol. The molecule has 10 nitrogen and oxygen atoms in total. The number of nitriles is 2. The first kappa shape index (κ1) is 27.9. The summed E-state index contributed by atoms with van der Waals surface area (Å²) in [6.07, 6.45) is 0.831. The molecule has 0 saturated carbocycles. The molecule has 37 heavy (non-hydrogen) atoms. The van der Waals surface area contributed by atoms with Gasteiger partial charge in [0.2, 0.25) is 10.0 Å². The molecule has 0 aliphatic carbocycles. The Morgan fingerprint density at radius 1 is 1.05 bits per heavy atom. The van der Waals surface area contributed by atoms with Crippen molar-refractivity contribution in [3.05, 3.63) is 46.8 Å². The van der Waals surface area contributed by atoms with Gasteiger partial charge in [0.25, 0.3) is 5.91 Å². The minimum atomic E-state index is -3.93. The number of ether oxygens (including phenoxy) is 2. The van der Waals surface area contributed by atoms with Crippen molar-refractivity contribution in [3.8, 4) is 23.6 Å². The van der Waals surface area contributed by atoms with Gasteiger partial charge in [-0.3, -0.25) is 4.79 Å². The second-order valence-corrected chi connectivity index (χ2v) is 10.8. The average molecular weight is 542 g/mol. The van der Waals surface area contributed by atoms with Gasteiger partial charge in [-0.15, -0.1) is 0 Å². The van der Waals surface area contributed by atoms with E-state index in [0.717, 1.165) is 20.9 Å². The number of hydrogen-bond donors (Lipinski definition) is 0. The number of fused-ring (bicyclic) bond motifs is 1. The van der Waals surface area contributed by atoms with Crippen LogP contribution in [0.4, 0.5) is 0 Å². The molecule has 1 amide bonds. The van der Waals surface area contributed by atoms with Crippen LogP contribution < -0.4 is 14.3 Å². The summed E-state index contributed by atoms with van der Waals surface area (Å²) in [5.41, 5.74) is 1.10. The first-order valence-electron chi connectivity index (χ1n) is 11.5. The maximum absolute atomic E-state index is 13.0. The molecule has 1 aromatic heterocycles. The maximum Gasteiger partial charge on any atom is 0.279 e. The van der Waals surface area contributed by atoms with Gasteiger partial charge in [0, 0.05) is 50.2 Å². The van der Waals surface area contributed by atoms with Gasteiger partial charge < -0.3 is 14.0 Å². The number of aryl methyl sites for hydroxylation is 1. The summed E-state index contributed by atoms with van der Waals surface area (Å²) < 4.78 is 40.8. The van der Waals surface area contributed by atoms with Gasteiger partial charge in [0.15, 0.2) is 16.3 Å². The third kappa shape index (κ3) is 6.17. The van der Waals surface area contributed by atoms with Gasteiger partial charge in [-0.25, -0.2) is 8.42 Å². The Morgan fingerprint density at radius 2 is 1.65 bits per heavy atom. The Bertz CT molecular complexity index is 1510. The van der Waals surface area contributed by atoms with Crippen LogP contribution in [0.15, 0.2) is 46.3 Å². The van der Waals surface area contributed by atoms with Crippen LogP contribution in [-0.4, -0.2) is 50.5 Å². The van der Waals surface area contributed by atoms with E-state index in [4.69, 9.17) is 20.0 Å². The molecule has 0 bridgehead atoms. The number of sulfonamides is 1. The van der Waals surface area contributed by atoms with Crippen LogP contribution in [-0.2, 0) is 16.6 Å². The van der Waals surface area contributed by atoms with E-state index in [1.807, 2.05) is 35.8 Å². The van der Waals surface area contributed by atoms with Crippen molar-refractivity contribution >= 4 is 37.5 Å². The van der Waals surface area contributed by atoms with Crippen LogP contribution in [0, 0.1) is 22.7 Å². The lowest BCUT2D eigenvalue weighted by Crippen LogP contribution is -2.32. The molecule has 3 aromatic rings. The topological polar surface area (TPSA) is 138 Å². The molecule has 0 spiro atoms. The molecule has 0 aliphatic rings. The molecule has 194 valence electrons. The minimum Gasteiger partial charge on any atom is -0.493 e. The van der Waals surface area contributed by atoms with Crippen molar-refractivity contribution in [2.45, 2.75) is 37.6 Å². The third-order valence-corrected chi connectivity index (χ3v) is 8.47. The first-order valence-corrected chi connectivity index (χ1v) is 13.7. The van der Waals surface area contributed by atoms with Gasteiger partial charge in [-0.2, -0.15) is 19.8 Å². The van der Waals surface area contributed by atoms with Crippen LogP contribution >= 0.6 is 11.3 Å². The second kappa shape index (κ2) is 12.5. The number of nitrogens with zero attached hydrogens (tertiary/aromatic N) is 5. The largest absolute Gasteiger partial charge is 0.493 e. The van der Waals surface area contributed by atoms with E-state index in [1.54, 1.807) is 14.2 Å². The molecule has 0 saturated heterocycles. The zero-order valence-electron chi connectivity index (χ0n) is 20.8. The lowest BCUT2D eigenvalue weighted by Gasteiger charge is -2.20. The number of hydrogen-bond acceptors (Lipinski definition) is 8. The highest BCUT2D eigenvalue weighted by Crippen LogP contribution is 2.33. The lowest BCUT2D eigenvalue weighted by molar-refractivity contribution is 0.0997. The molecular formula is C25H27N5O5S2. The summed E-state index contributed by atoms with van der Waals surface area (Å²) in [7, 11) is -0.810. The Balaban J connectivity index is 1.97. The summed E-state index contributed by atoms with van der Waals surface area (Å²) in [5, 5.41) is 17.7. The van der Waals surface area contributed by atoms with Crippen molar-refractivity contribution in [3.63, 3.8) is 0 Å². The highest BCUT2D eigenvalue weighted by atomic mass is 32.2. The molecular weight excluding hydrogens is 514 g/mol. The van der Waals surface area contributed by atoms with E-state index < -0.39 is 15.9 Å². The summed E-state index contributed by atoms with van der Waals surface area (Å²) in [6.45, 7) is 2.63. The van der Waals surface area contributed by atoms with Crippen molar-refractivity contribution in [1.82, 2.24) is 8.87 Å². The van der Waals surface area contributed by atoms with Gasteiger partial charge in [0.05, 0.1) is 41.5 Å². The Kier molecular flexibility index (Phi) is 9.42. The van der Waals surface area contributed by atoms with Crippen LogP contribution in [0.2, 0.25) is 0 Å². The fourth-order valence-corrected chi connectivity index (χ4v) is 6.20. The van der Waals surface area contributed by atoms with Crippen LogP contribution in [0.5, 0.6) is 11.5 Å². The number of rotatable bonds is 11. The highest BCUT2D eigenvalue weighted by Gasteiger charge is 2.24. The van der Waals surface area contributed by atoms with Gasteiger partial charge in [-0.05, 0) is 30.7 Å². The summed E-state index contributed by atoms with van der Waals surface area (Å²) >= 11 is 1.35. The average Bonchev–Trinajstić information content (AvgIpc) is 3.23. The number of carbonyl (C=O) groups excluding carboxylic acids is 1. The van der Waals surface area contributed by atoms with Gasteiger partial charge in [0.1, 0.15) is 0 Å². The number of thiazole rings is 1. The summed E-state index contributed by atoms with van der Waals surface area (Å²) in [5.74, 6) is 0.643. The van der Waals surface area contributed by atoms with Crippen LogP contribution in [0.3, 0.4) is 0 Å². The Morgan fingerprint density at radius 3 is 2.19 bits per heavy atom. The lowest BCUT2D eigenvalue weighted by atomic mass is 10.2. The van der Waals surface area contributed by atoms with Gasteiger partial charge >= 0.3 is 0 Å². The van der Waals surface area contributed by atoms with E-state index in [0.29, 0.717) is 22.8 Å². The Labute approximate surface area is 219 Å². The molecule has 1 heterocycles. The summed E-state index contributed by atoms with van der Waals surface area (Å²) in [4.78, 5) is 17.8. The molecule has 0 atom stereocenters. The van der Waals surface area contributed by atoms with E-state index in [-0.39, 0.29) is 36.4 Å². The number of benzene rings is 2. The predicted octanol–water partition coefficient (Wildman–Crippen LogP) is 3.69. The second-order valence-electron chi connectivity index (χ2n) is 7.87. The zero-order valence-corrected chi connectivity index (χ0v) is 22.4. The van der Waals surface area contributed by atoms with Crippen molar-refractivity contribution in [2.75, 3.05) is 27.3 Å². The highest BCUT2D eigenvalue weighted by molar-refractivity contribution is 7.89. The Hall–Kier alpha value is -3.71. The normalized spacial score (nSPS) is 11.9. The SMILES string of the molecule is CCCn1c(=NC(=O)c2ccc(S(=O)(=O)N(CCC#N)CCC#N)cc2)sc2cc(OC)c(OC)cc21. The maximum atomic E-state index is 13.0. The van der Waals surface area contributed by atoms with E-state index in [1.165, 1.54) is 35.6 Å². The van der Waals surface area contributed by atoms with Crippen molar-refractivity contribution in [2.24, 2.45) is 4.99 Å². The smallest absolute Gasteiger partial charge is 0.279 e. The third-order valence-electron chi connectivity index (χ3n) is 5.52. The zero-order chi connectivity index (χ0) is 27.0. The fourth-order valence-electron chi connectivity index (χ4n) is 3.69. The molecule has 0 aliphatic heterocycles. The minimum absolute atomic E-state index is 0.00475. The van der Waals surface area contributed by atoms with E-state index >= 15 is 0 Å². The van der Waals surface area contributed by atoms with Crippen LogP contribution in [0.25, 0.3) is 10.2 Å². The molecule has 0 radical (unpaired) electrons. The van der Waals surface area contributed by atoms with E-state index in [9.17, 15) is 13.2 Å². The molecule has 0 fully saturated rings. The summed E-state index contributed by atoms with van der Waals surface area (Å²) in [6, 6.07) is 13.0. The van der Waals surface area contributed by atoms with Crippen molar-refractivity contribution < 1.29 is 22.7 Å². The first-order chi connectivity index (χ1) is 17.8. The predicted molar refractivity (Wildman–Crippen MR) is 139 cm³/mol. The molecule has 3 rings (SSSR count). The number of carbonyl (C=O) groups is 1. The van der Waals surface area contributed by atoms with Crippen LogP contribution in [0.1, 0.15) is 36.5 Å². The van der Waals surface area contributed by atoms with Crippen molar-refractivity contribution in [1.29, 1.82) is 10.5 Å². The number of aromatic nitrogens is 1. The molecule has 0 N–H and O–H groups in total. The number of methoxy groups -OCH3 is 2.